The van der Waals surface area contributed by atoms with Crippen molar-refractivity contribution in [1.82, 2.24) is 9.03 Å². The summed E-state index contributed by atoms with van der Waals surface area (Å²) < 4.78 is 27.0. The predicted molar refractivity (Wildman–Crippen MR) is 58.5 cm³/mol. The van der Waals surface area contributed by atoms with Crippen LogP contribution in [-0.2, 0) is 23.2 Å². The second kappa shape index (κ2) is 3.92. The summed E-state index contributed by atoms with van der Waals surface area (Å²) in [5.74, 6) is 0. The molecule has 4 nitrogen and oxygen atoms in total. The van der Waals surface area contributed by atoms with Crippen molar-refractivity contribution in [3.63, 3.8) is 0 Å². The van der Waals surface area contributed by atoms with Crippen molar-refractivity contribution in [2.45, 2.75) is 13.0 Å². The fourth-order valence-corrected chi connectivity index (χ4v) is 2.70. The first-order valence-corrected chi connectivity index (χ1v) is 6.33. The van der Waals surface area contributed by atoms with Gasteiger partial charge in [-0.1, -0.05) is 24.3 Å². The van der Waals surface area contributed by atoms with E-state index >= 15 is 0 Å². The number of fused-ring (bicyclic) bond motifs is 1. The number of hydrogen-bond acceptors (Lipinski definition) is 2. The highest BCUT2D eigenvalue weighted by molar-refractivity contribution is 7.87. The smallest absolute Gasteiger partial charge is 0.205 e. The molecule has 1 N–H and O–H groups in total. The molecular weight excluding hydrogens is 212 g/mol. The Kier molecular flexibility index (Phi) is 2.77. The van der Waals surface area contributed by atoms with Crippen LogP contribution in [-0.4, -0.2) is 26.3 Å². The van der Waals surface area contributed by atoms with Crippen molar-refractivity contribution in [2.75, 3.05) is 13.6 Å². The predicted octanol–water partition coefficient (Wildman–Crippen LogP) is 0.509. The average Bonchev–Trinajstić information content (AvgIpc) is 2.28. The number of nitrogens with one attached hydrogen (secondary N) is 1. The highest BCUT2D eigenvalue weighted by Gasteiger charge is 2.24. The Morgan fingerprint density at radius 1 is 1.27 bits per heavy atom. The minimum Gasteiger partial charge on any atom is -0.205 e. The Morgan fingerprint density at radius 2 is 1.93 bits per heavy atom. The van der Waals surface area contributed by atoms with Crippen molar-refractivity contribution in [3.05, 3.63) is 35.4 Å². The van der Waals surface area contributed by atoms with Gasteiger partial charge in [0.2, 0.25) is 0 Å². The molecule has 0 saturated carbocycles. The SMILES string of the molecule is CNS(=O)(=O)N1CCc2ccccc2C1. The van der Waals surface area contributed by atoms with E-state index < -0.39 is 10.2 Å². The van der Waals surface area contributed by atoms with Crippen LogP contribution in [0.1, 0.15) is 11.1 Å². The zero-order valence-electron chi connectivity index (χ0n) is 8.60. The van der Waals surface area contributed by atoms with Gasteiger partial charge < -0.3 is 0 Å². The lowest BCUT2D eigenvalue weighted by Gasteiger charge is -2.27. The maximum absolute atomic E-state index is 11.6. The van der Waals surface area contributed by atoms with Crippen LogP contribution in [0.5, 0.6) is 0 Å². The first-order chi connectivity index (χ1) is 7.13. The van der Waals surface area contributed by atoms with Gasteiger partial charge in [-0.25, -0.2) is 4.72 Å². The summed E-state index contributed by atoms with van der Waals surface area (Å²) in [5, 5.41) is 0. The van der Waals surface area contributed by atoms with Gasteiger partial charge >= 0.3 is 0 Å². The van der Waals surface area contributed by atoms with Gasteiger partial charge in [0.1, 0.15) is 0 Å². The van der Waals surface area contributed by atoms with Crippen LogP contribution < -0.4 is 4.72 Å². The van der Waals surface area contributed by atoms with E-state index in [4.69, 9.17) is 0 Å². The monoisotopic (exact) mass is 226 g/mol. The largest absolute Gasteiger partial charge is 0.279 e. The van der Waals surface area contributed by atoms with Crippen molar-refractivity contribution < 1.29 is 8.42 Å². The summed E-state index contributed by atoms with van der Waals surface area (Å²) in [6, 6.07) is 7.96. The molecule has 0 saturated heterocycles. The Balaban J connectivity index is 2.27. The van der Waals surface area contributed by atoms with E-state index in [2.05, 4.69) is 10.8 Å². The summed E-state index contributed by atoms with van der Waals surface area (Å²) in [4.78, 5) is 0. The molecule has 0 amide bonds. The molecule has 1 heterocycles. The zero-order valence-corrected chi connectivity index (χ0v) is 9.42. The Hall–Kier alpha value is -0.910. The highest BCUT2D eigenvalue weighted by Crippen LogP contribution is 2.19. The van der Waals surface area contributed by atoms with E-state index in [0.29, 0.717) is 13.1 Å². The summed E-state index contributed by atoms with van der Waals surface area (Å²) in [5.41, 5.74) is 2.35. The van der Waals surface area contributed by atoms with Gasteiger partial charge in [0.15, 0.2) is 0 Å². The van der Waals surface area contributed by atoms with Crippen LogP contribution in [0.3, 0.4) is 0 Å². The average molecular weight is 226 g/mol. The summed E-state index contributed by atoms with van der Waals surface area (Å²) >= 11 is 0. The van der Waals surface area contributed by atoms with E-state index in [-0.39, 0.29) is 0 Å². The number of rotatable bonds is 2. The fourth-order valence-electron chi connectivity index (χ4n) is 1.80. The first kappa shape index (κ1) is 10.6. The lowest BCUT2D eigenvalue weighted by Crippen LogP contribution is -2.41. The lowest BCUT2D eigenvalue weighted by atomic mass is 10.0. The molecule has 5 heteroatoms. The topological polar surface area (TPSA) is 49.4 Å². The summed E-state index contributed by atoms with van der Waals surface area (Å²) in [6.45, 7) is 1.03. The second-order valence-corrected chi connectivity index (χ2v) is 5.44. The van der Waals surface area contributed by atoms with E-state index in [1.807, 2.05) is 18.2 Å². The summed E-state index contributed by atoms with van der Waals surface area (Å²) in [7, 11) is -1.84. The third kappa shape index (κ3) is 2.04. The second-order valence-electron chi connectivity index (χ2n) is 3.56. The molecule has 0 unspecified atom stereocenters. The van der Waals surface area contributed by atoms with Crippen LogP contribution in [0, 0.1) is 0 Å². The van der Waals surface area contributed by atoms with Crippen LogP contribution in [0.25, 0.3) is 0 Å². The van der Waals surface area contributed by atoms with Crippen molar-refractivity contribution >= 4 is 10.2 Å². The fraction of sp³-hybridized carbons (Fsp3) is 0.400. The van der Waals surface area contributed by atoms with Gasteiger partial charge in [0.25, 0.3) is 10.2 Å². The van der Waals surface area contributed by atoms with Gasteiger partial charge in [0, 0.05) is 20.1 Å². The molecule has 1 aliphatic heterocycles. The Labute approximate surface area is 90.1 Å². The first-order valence-electron chi connectivity index (χ1n) is 4.89. The van der Waals surface area contributed by atoms with Crippen LogP contribution in [0.2, 0.25) is 0 Å². The van der Waals surface area contributed by atoms with Crippen molar-refractivity contribution in [1.29, 1.82) is 0 Å². The molecule has 1 aromatic rings. The standard InChI is InChI=1S/C10H14N2O2S/c1-11-15(13,14)12-7-6-9-4-2-3-5-10(9)8-12/h2-5,11H,6-8H2,1H3. The number of hydrogen-bond donors (Lipinski definition) is 1. The molecule has 0 aliphatic carbocycles. The van der Waals surface area contributed by atoms with Gasteiger partial charge in [-0.05, 0) is 17.5 Å². The van der Waals surface area contributed by atoms with Crippen LogP contribution >= 0.6 is 0 Å². The molecule has 0 bridgehead atoms. The number of benzene rings is 1. The Morgan fingerprint density at radius 3 is 2.60 bits per heavy atom. The number of nitrogens with zero attached hydrogens (tertiary/aromatic N) is 1. The summed E-state index contributed by atoms with van der Waals surface area (Å²) in [6.07, 6.45) is 0.789. The third-order valence-electron chi connectivity index (χ3n) is 2.69. The van der Waals surface area contributed by atoms with Gasteiger partial charge in [-0.15, -0.1) is 0 Å². The quantitative estimate of drug-likeness (QED) is 0.798. The minimum atomic E-state index is -3.28. The van der Waals surface area contributed by atoms with E-state index in [0.717, 1.165) is 12.0 Å². The van der Waals surface area contributed by atoms with E-state index in [1.54, 1.807) is 0 Å². The highest BCUT2D eigenvalue weighted by atomic mass is 32.2. The molecule has 15 heavy (non-hydrogen) atoms. The molecule has 1 aliphatic rings. The van der Waals surface area contributed by atoms with Crippen LogP contribution in [0.15, 0.2) is 24.3 Å². The van der Waals surface area contributed by atoms with Gasteiger partial charge in [-0.3, -0.25) is 0 Å². The molecule has 82 valence electrons. The van der Waals surface area contributed by atoms with E-state index in [9.17, 15) is 8.42 Å². The van der Waals surface area contributed by atoms with Gasteiger partial charge in [0.05, 0.1) is 0 Å². The molecule has 0 aromatic heterocycles. The zero-order chi connectivity index (χ0) is 10.9. The maximum atomic E-state index is 11.6. The normalized spacial score (nSPS) is 17.4. The molecule has 1 aromatic carbocycles. The molecule has 0 spiro atoms. The van der Waals surface area contributed by atoms with Gasteiger partial charge in [-0.2, -0.15) is 12.7 Å². The van der Waals surface area contributed by atoms with Crippen molar-refractivity contribution in [2.24, 2.45) is 0 Å². The molecular formula is C10H14N2O2S. The van der Waals surface area contributed by atoms with Crippen LogP contribution in [0.4, 0.5) is 0 Å². The lowest BCUT2D eigenvalue weighted by molar-refractivity contribution is 0.386. The van der Waals surface area contributed by atoms with Crippen molar-refractivity contribution in [3.8, 4) is 0 Å². The van der Waals surface area contributed by atoms with E-state index in [1.165, 1.54) is 16.9 Å². The maximum Gasteiger partial charge on any atom is 0.279 e. The Bertz CT molecular complexity index is 456. The molecule has 0 radical (unpaired) electrons. The third-order valence-corrected chi connectivity index (χ3v) is 4.20. The molecule has 0 atom stereocenters. The minimum absolute atomic E-state index is 0.472. The molecule has 0 fully saturated rings. The molecule has 2 rings (SSSR count).